The van der Waals surface area contributed by atoms with E-state index in [9.17, 15) is 0 Å². The molecule has 0 saturated carbocycles. The van der Waals surface area contributed by atoms with Crippen molar-refractivity contribution >= 4 is 0 Å². The Morgan fingerprint density at radius 3 is 2.64 bits per heavy atom. The van der Waals surface area contributed by atoms with Gasteiger partial charge in [0, 0.05) is 14.5 Å². The minimum atomic E-state index is 0. The Labute approximate surface area is 68.4 Å². The summed E-state index contributed by atoms with van der Waals surface area (Å²) in [7, 11) is 0. The van der Waals surface area contributed by atoms with E-state index in [0.717, 1.165) is 6.54 Å². The lowest BCUT2D eigenvalue weighted by atomic mass is 10.2. The van der Waals surface area contributed by atoms with Crippen molar-refractivity contribution in [1.82, 2.24) is 5.32 Å². The van der Waals surface area contributed by atoms with Crippen molar-refractivity contribution in [1.29, 1.82) is 0 Å². The van der Waals surface area contributed by atoms with Gasteiger partial charge in [-0.2, -0.15) is 0 Å². The lowest BCUT2D eigenvalue weighted by Crippen LogP contribution is -2.17. The van der Waals surface area contributed by atoms with Crippen LogP contribution in [0.1, 0.15) is 6.99 Å². The number of rotatable bonds is 4. The van der Waals surface area contributed by atoms with Crippen LogP contribution in [0.4, 0.5) is 0 Å². The Hall–Kier alpha value is -0.860. The van der Waals surface area contributed by atoms with E-state index in [1.165, 1.54) is 5.56 Å². The first-order valence-corrected chi connectivity index (χ1v) is 3.79. The summed E-state index contributed by atoms with van der Waals surface area (Å²) in [5.41, 5.74) is 1.25. The second-order valence-corrected chi connectivity index (χ2v) is 2.39. The normalized spacial score (nSPS) is 9.91. The molecule has 0 radical (unpaired) electrons. The molecule has 0 aliphatic rings. The van der Waals surface area contributed by atoms with E-state index < -0.39 is 0 Å². The first-order valence-electron chi connectivity index (χ1n) is 3.79. The summed E-state index contributed by atoms with van der Waals surface area (Å²) in [6.45, 7) is 1.70. The Kier molecular flexibility index (Phi) is 3.65. The molecule has 2 N–H and O–H groups in total. The highest BCUT2D eigenvalue weighted by Gasteiger charge is 1.87. The minimum absolute atomic E-state index is 0. The molecule has 1 aromatic rings. The monoisotopic (exact) mass is 153 g/mol. The summed E-state index contributed by atoms with van der Waals surface area (Å²) in [5, 5.41) is 11.6. The van der Waals surface area contributed by atoms with Gasteiger partial charge in [-0.3, -0.25) is 0 Å². The average Bonchev–Trinajstić information content (AvgIpc) is 2.07. The summed E-state index contributed by atoms with van der Waals surface area (Å²) >= 11 is 0. The van der Waals surface area contributed by atoms with Crippen LogP contribution in [-0.4, -0.2) is 18.3 Å². The van der Waals surface area contributed by atoms with Crippen LogP contribution in [0.25, 0.3) is 0 Å². The van der Waals surface area contributed by atoms with Gasteiger partial charge in [-0.05, 0) is 5.56 Å². The molecule has 0 fully saturated rings. The summed E-state index contributed by atoms with van der Waals surface area (Å²) < 4.78 is 0. The first-order chi connectivity index (χ1) is 5.43. The molecule has 2 nitrogen and oxygen atoms in total. The molecule has 1 aromatic carbocycles. The van der Waals surface area contributed by atoms with Crippen LogP contribution in [0, 0.1) is 0 Å². The zero-order chi connectivity index (χ0) is 7.94. The molecule has 0 aliphatic heterocycles. The molecule has 0 aliphatic carbocycles. The molecule has 0 bridgehead atoms. The second-order valence-electron chi connectivity index (χ2n) is 2.39. The number of nitrogens with one attached hydrogen (secondary N) is 1. The molecule has 11 heavy (non-hydrogen) atoms. The van der Waals surface area contributed by atoms with Gasteiger partial charge in [0.2, 0.25) is 0 Å². The standard InChI is InChI=1S/C9H13NO.H2/c11-7-6-10-8-9-4-2-1-3-5-9;/h1-5,10-11H,6-8H2;1H. The minimum Gasteiger partial charge on any atom is -0.395 e. The molecule has 2 heteroatoms. The molecule has 0 unspecified atom stereocenters. The highest BCUT2D eigenvalue weighted by Crippen LogP contribution is 1.96. The van der Waals surface area contributed by atoms with Gasteiger partial charge in [0.1, 0.15) is 0 Å². The third-order valence-electron chi connectivity index (χ3n) is 1.46. The van der Waals surface area contributed by atoms with E-state index in [-0.39, 0.29) is 8.03 Å². The molecule has 0 heterocycles. The predicted molar refractivity (Wildman–Crippen MR) is 47.3 cm³/mol. The zero-order valence-corrected chi connectivity index (χ0v) is 6.46. The van der Waals surface area contributed by atoms with E-state index >= 15 is 0 Å². The number of hydrogen-bond acceptors (Lipinski definition) is 2. The maximum absolute atomic E-state index is 8.48. The lowest BCUT2D eigenvalue weighted by molar-refractivity contribution is 0.292. The van der Waals surface area contributed by atoms with Gasteiger partial charge in [-0.25, -0.2) is 0 Å². The summed E-state index contributed by atoms with van der Waals surface area (Å²) in [5.74, 6) is 0. The molecule has 1 rings (SSSR count). The number of hydrogen-bond donors (Lipinski definition) is 2. The van der Waals surface area contributed by atoms with Crippen molar-refractivity contribution in [2.45, 2.75) is 6.54 Å². The first kappa shape index (κ1) is 8.24. The molecule has 0 saturated heterocycles. The maximum atomic E-state index is 8.48. The smallest absolute Gasteiger partial charge is 0.0556 e. The van der Waals surface area contributed by atoms with Crippen LogP contribution in [0.3, 0.4) is 0 Å². The van der Waals surface area contributed by atoms with Crippen molar-refractivity contribution < 1.29 is 6.53 Å². The summed E-state index contributed by atoms with van der Waals surface area (Å²) in [6.07, 6.45) is 0. The van der Waals surface area contributed by atoms with Crippen molar-refractivity contribution in [3.63, 3.8) is 0 Å². The molecule has 0 amide bonds. The Balaban J connectivity index is 0.00000121. The van der Waals surface area contributed by atoms with Gasteiger partial charge in [0.15, 0.2) is 0 Å². The van der Waals surface area contributed by atoms with Crippen LogP contribution >= 0.6 is 0 Å². The molecule has 0 atom stereocenters. The Morgan fingerprint density at radius 2 is 2.00 bits per heavy atom. The van der Waals surface area contributed by atoms with Crippen LogP contribution in [0.15, 0.2) is 30.3 Å². The van der Waals surface area contributed by atoms with Crippen LogP contribution < -0.4 is 5.32 Å². The van der Waals surface area contributed by atoms with E-state index in [1.807, 2.05) is 18.2 Å². The van der Waals surface area contributed by atoms with E-state index in [4.69, 9.17) is 5.11 Å². The molecule has 0 spiro atoms. The predicted octanol–water partition coefficient (Wildman–Crippen LogP) is 1.01. The maximum Gasteiger partial charge on any atom is 0.0556 e. The van der Waals surface area contributed by atoms with Gasteiger partial charge < -0.3 is 10.4 Å². The Morgan fingerprint density at radius 1 is 1.27 bits per heavy atom. The lowest BCUT2D eigenvalue weighted by Gasteiger charge is -2.01. The van der Waals surface area contributed by atoms with Gasteiger partial charge in [0.05, 0.1) is 6.61 Å². The largest absolute Gasteiger partial charge is 0.395 e. The van der Waals surface area contributed by atoms with E-state index in [2.05, 4.69) is 17.4 Å². The van der Waals surface area contributed by atoms with Crippen molar-refractivity contribution in [2.24, 2.45) is 0 Å². The SMILES string of the molecule is OCCNCc1ccccc1.[HH]. The van der Waals surface area contributed by atoms with Gasteiger partial charge in [-0.15, -0.1) is 0 Å². The topological polar surface area (TPSA) is 32.3 Å². The van der Waals surface area contributed by atoms with Gasteiger partial charge in [-0.1, -0.05) is 30.3 Å². The highest BCUT2D eigenvalue weighted by atomic mass is 16.3. The van der Waals surface area contributed by atoms with Crippen LogP contribution in [-0.2, 0) is 6.54 Å². The fraction of sp³-hybridized carbons (Fsp3) is 0.333. The summed E-state index contributed by atoms with van der Waals surface area (Å²) in [6, 6.07) is 10.1. The number of aliphatic hydroxyl groups excluding tert-OH is 1. The van der Waals surface area contributed by atoms with Crippen LogP contribution in [0.5, 0.6) is 0 Å². The van der Waals surface area contributed by atoms with Crippen molar-refractivity contribution in [3.8, 4) is 0 Å². The number of aliphatic hydroxyl groups is 1. The molecular weight excluding hydrogens is 138 g/mol. The molecular formula is C9H15NO. The summed E-state index contributed by atoms with van der Waals surface area (Å²) in [4.78, 5) is 0. The van der Waals surface area contributed by atoms with Gasteiger partial charge >= 0.3 is 0 Å². The molecule has 0 aromatic heterocycles. The Bertz CT molecular complexity index is 191. The molecule has 62 valence electrons. The van der Waals surface area contributed by atoms with Crippen molar-refractivity contribution in [3.05, 3.63) is 35.9 Å². The highest BCUT2D eigenvalue weighted by molar-refractivity contribution is 5.14. The fourth-order valence-electron chi connectivity index (χ4n) is 0.908. The van der Waals surface area contributed by atoms with E-state index in [1.54, 1.807) is 0 Å². The zero-order valence-electron chi connectivity index (χ0n) is 6.46. The number of benzene rings is 1. The third kappa shape index (κ3) is 3.16. The second kappa shape index (κ2) is 4.88. The quantitative estimate of drug-likeness (QED) is 0.633. The van der Waals surface area contributed by atoms with Crippen LogP contribution in [0.2, 0.25) is 0 Å². The van der Waals surface area contributed by atoms with E-state index in [0.29, 0.717) is 6.54 Å². The van der Waals surface area contributed by atoms with Gasteiger partial charge in [0.25, 0.3) is 0 Å². The average molecular weight is 153 g/mol. The third-order valence-corrected chi connectivity index (χ3v) is 1.46. The van der Waals surface area contributed by atoms with Crippen molar-refractivity contribution in [2.75, 3.05) is 13.2 Å². The fourth-order valence-corrected chi connectivity index (χ4v) is 0.908.